The second-order valence-electron chi connectivity index (χ2n) is 5.11. The average Bonchev–Trinajstić information content (AvgIpc) is 2.61. The summed E-state index contributed by atoms with van der Waals surface area (Å²) in [6.07, 6.45) is 0.650. The molecule has 0 saturated heterocycles. The molecule has 1 N–H and O–H groups in total. The first-order valence-corrected chi connectivity index (χ1v) is 7.84. The number of nitrogens with one attached hydrogen (secondary N) is 1. The van der Waals surface area contributed by atoms with E-state index in [9.17, 15) is 14.9 Å². The number of nitrogens with zero attached hydrogens (tertiary/aromatic N) is 1. The molecule has 0 heterocycles. The van der Waals surface area contributed by atoms with Crippen molar-refractivity contribution in [1.29, 1.82) is 0 Å². The third-order valence-electron chi connectivity index (χ3n) is 3.37. The fraction of sp³-hybridized carbons (Fsp3) is 0.235. The molecular formula is C17H17ClN2O5. The van der Waals surface area contributed by atoms with Crippen LogP contribution in [-0.2, 0) is 11.2 Å². The summed E-state index contributed by atoms with van der Waals surface area (Å²) >= 11 is 5.72. The summed E-state index contributed by atoms with van der Waals surface area (Å²) in [5.74, 6) is 0.406. The van der Waals surface area contributed by atoms with Gasteiger partial charge >= 0.3 is 5.69 Å². The summed E-state index contributed by atoms with van der Waals surface area (Å²) in [6.45, 7) is 0.113. The standard InChI is InChI=1S/C17H17ClN2O5/c1-24-14-5-2-12(3-6-14)8-9-19-17(21)11-25-16-7-4-13(18)10-15(16)20(22)23/h2-7,10H,8-9,11H2,1H3,(H,19,21). The topological polar surface area (TPSA) is 90.7 Å². The van der Waals surface area contributed by atoms with E-state index in [0.29, 0.717) is 13.0 Å². The molecule has 2 aromatic rings. The van der Waals surface area contributed by atoms with Crippen LogP contribution in [0.5, 0.6) is 11.5 Å². The van der Waals surface area contributed by atoms with E-state index in [0.717, 1.165) is 11.3 Å². The zero-order chi connectivity index (χ0) is 18.2. The maximum atomic E-state index is 11.8. The molecule has 0 fully saturated rings. The Morgan fingerprint density at radius 3 is 2.60 bits per heavy atom. The Labute approximate surface area is 149 Å². The first-order chi connectivity index (χ1) is 12.0. The number of nitro benzene ring substituents is 1. The van der Waals surface area contributed by atoms with Crippen LogP contribution in [0, 0.1) is 10.1 Å². The van der Waals surface area contributed by atoms with Gasteiger partial charge in [-0.25, -0.2) is 0 Å². The van der Waals surface area contributed by atoms with Crippen molar-refractivity contribution < 1.29 is 19.2 Å². The second kappa shape index (κ2) is 8.89. The smallest absolute Gasteiger partial charge is 0.312 e. The number of methoxy groups -OCH3 is 1. The van der Waals surface area contributed by atoms with Gasteiger partial charge in [-0.1, -0.05) is 23.7 Å². The number of hydrogen-bond donors (Lipinski definition) is 1. The van der Waals surface area contributed by atoms with Crippen molar-refractivity contribution >= 4 is 23.2 Å². The minimum atomic E-state index is -0.608. The van der Waals surface area contributed by atoms with Crippen LogP contribution >= 0.6 is 11.6 Å². The summed E-state index contributed by atoms with van der Waals surface area (Å²) in [5.41, 5.74) is 0.772. The van der Waals surface area contributed by atoms with Crippen molar-refractivity contribution in [3.63, 3.8) is 0 Å². The molecule has 0 aliphatic rings. The molecule has 0 radical (unpaired) electrons. The summed E-state index contributed by atoms with van der Waals surface area (Å²) in [4.78, 5) is 22.1. The molecule has 0 saturated carbocycles. The molecule has 25 heavy (non-hydrogen) atoms. The average molecular weight is 365 g/mol. The van der Waals surface area contributed by atoms with E-state index < -0.39 is 4.92 Å². The lowest BCUT2D eigenvalue weighted by Crippen LogP contribution is -2.30. The first-order valence-electron chi connectivity index (χ1n) is 7.46. The van der Waals surface area contributed by atoms with Gasteiger partial charge in [0.05, 0.1) is 12.0 Å². The highest BCUT2D eigenvalue weighted by Crippen LogP contribution is 2.29. The lowest BCUT2D eigenvalue weighted by atomic mass is 10.1. The number of nitro groups is 1. The van der Waals surface area contributed by atoms with Gasteiger partial charge in [0.25, 0.3) is 5.91 Å². The van der Waals surface area contributed by atoms with Gasteiger partial charge in [-0.15, -0.1) is 0 Å². The summed E-state index contributed by atoms with van der Waals surface area (Å²) in [7, 11) is 1.60. The molecule has 0 bridgehead atoms. The van der Waals surface area contributed by atoms with Crippen molar-refractivity contribution in [2.45, 2.75) is 6.42 Å². The molecule has 0 unspecified atom stereocenters. The quantitative estimate of drug-likeness (QED) is 0.574. The van der Waals surface area contributed by atoms with Gasteiger partial charge in [0.2, 0.25) is 0 Å². The Morgan fingerprint density at radius 1 is 1.24 bits per heavy atom. The van der Waals surface area contributed by atoms with Crippen LogP contribution in [0.3, 0.4) is 0 Å². The molecular weight excluding hydrogens is 348 g/mol. The summed E-state index contributed by atoms with van der Waals surface area (Å²) in [6, 6.07) is 11.5. The normalized spacial score (nSPS) is 10.2. The Hall–Kier alpha value is -2.80. The molecule has 0 aliphatic heterocycles. The highest BCUT2D eigenvalue weighted by Gasteiger charge is 2.16. The van der Waals surface area contributed by atoms with Crippen LogP contribution in [0.2, 0.25) is 5.02 Å². The molecule has 2 aromatic carbocycles. The van der Waals surface area contributed by atoms with Gasteiger partial charge < -0.3 is 14.8 Å². The molecule has 8 heteroatoms. The molecule has 0 spiro atoms. The van der Waals surface area contributed by atoms with Crippen molar-refractivity contribution in [1.82, 2.24) is 5.32 Å². The number of carbonyl (C=O) groups excluding carboxylic acids is 1. The number of halogens is 1. The van der Waals surface area contributed by atoms with Gasteiger partial charge in [0.1, 0.15) is 5.75 Å². The maximum Gasteiger partial charge on any atom is 0.312 e. The minimum absolute atomic E-state index is 0.000274. The Kier molecular flexibility index (Phi) is 6.59. The lowest BCUT2D eigenvalue weighted by Gasteiger charge is -2.08. The maximum absolute atomic E-state index is 11.8. The Balaban J connectivity index is 1.80. The predicted octanol–water partition coefficient (Wildman–Crippen LogP) is 2.99. The van der Waals surface area contributed by atoms with E-state index in [1.54, 1.807) is 7.11 Å². The summed E-state index contributed by atoms with van der Waals surface area (Å²) < 4.78 is 10.3. The van der Waals surface area contributed by atoms with E-state index in [1.807, 2.05) is 24.3 Å². The third-order valence-corrected chi connectivity index (χ3v) is 3.61. The van der Waals surface area contributed by atoms with Crippen LogP contribution in [0.25, 0.3) is 0 Å². The van der Waals surface area contributed by atoms with Crippen LogP contribution in [0.4, 0.5) is 5.69 Å². The Bertz CT molecular complexity index is 749. The lowest BCUT2D eigenvalue weighted by molar-refractivity contribution is -0.385. The van der Waals surface area contributed by atoms with E-state index >= 15 is 0 Å². The highest BCUT2D eigenvalue weighted by atomic mass is 35.5. The first kappa shape index (κ1) is 18.5. The molecule has 0 atom stereocenters. The molecule has 132 valence electrons. The van der Waals surface area contributed by atoms with E-state index in [2.05, 4.69) is 5.32 Å². The molecule has 0 aromatic heterocycles. The second-order valence-corrected chi connectivity index (χ2v) is 5.54. The van der Waals surface area contributed by atoms with Crippen LogP contribution in [-0.4, -0.2) is 31.1 Å². The number of rotatable bonds is 8. The van der Waals surface area contributed by atoms with Gasteiger partial charge in [-0.05, 0) is 36.2 Å². The number of amides is 1. The van der Waals surface area contributed by atoms with Crippen LogP contribution in [0.1, 0.15) is 5.56 Å². The number of hydrogen-bond acceptors (Lipinski definition) is 5. The van der Waals surface area contributed by atoms with Crippen LogP contribution < -0.4 is 14.8 Å². The molecule has 7 nitrogen and oxygen atoms in total. The largest absolute Gasteiger partial charge is 0.497 e. The highest BCUT2D eigenvalue weighted by molar-refractivity contribution is 6.30. The summed E-state index contributed by atoms with van der Waals surface area (Å²) in [5, 5.41) is 13.9. The van der Waals surface area contributed by atoms with Crippen molar-refractivity contribution in [2.24, 2.45) is 0 Å². The Morgan fingerprint density at radius 2 is 1.96 bits per heavy atom. The fourth-order valence-corrected chi connectivity index (χ4v) is 2.25. The van der Waals surface area contributed by atoms with Gasteiger partial charge in [-0.2, -0.15) is 0 Å². The zero-order valence-corrected chi connectivity index (χ0v) is 14.3. The molecule has 1 amide bonds. The number of ether oxygens (including phenoxy) is 2. The van der Waals surface area contributed by atoms with E-state index in [1.165, 1.54) is 18.2 Å². The number of carbonyl (C=O) groups is 1. The number of benzene rings is 2. The van der Waals surface area contributed by atoms with Crippen molar-refractivity contribution in [2.75, 3.05) is 20.3 Å². The van der Waals surface area contributed by atoms with Crippen LogP contribution in [0.15, 0.2) is 42.5 Å². The van der Waals surface area contributed by atoms with E-state index in [-0.39, 0.29) is 29.0 Å². The molecule has 2 rings (SSSR count). The van der Waals surface area contributed by atoms with Crippen molar-refractivity contribution in [3.05, 3.63) is 63.2 Å². The van der Waals surface area contributed by atoms with E-state index in [4.69, 9.17) is 21.1 Å². The zero-order valence-electron chi connectivity index (χ0n) is 13.5. The monoisotopic (exact) mass is 364 g/mol. The SMILES string of the molecule is COc1ccc(CCNC(=O)COc2ccc(Cl)cc2[N+](=O)[O-])cc1. The van der Waals surface area contributed by atoms with Gasteiger partial charge in [0, 0.05) is 17.6 Å². The minimum Gasteiger partial charge on any atom is -0.497 e. The third kappa shape index (κ3) is 5.65. The fourth-order valence-electron chi connectivity index (χ4n) is 2.09. The van der Waals surface area contributed by atoms with Crippen molar-refractivity contribution in [3.8, 4) is 11.5 Å². The van der Waals surface area contributed by atoms with Gasteiger partial charge in [0.15, 0.2) is 12.4 Å². The van der Waals surface area contributed by atoms with Gasteiger partial charge in [-0.3, -0.25) is 14.9 Å². The molecule has 0 aliphatic carbocycles. The predicted molar refractivity (Wildman–Crippen MR) is 93.3 cm³/mol.